The Morgan fingerprint density at radius 1 is 1.35 bits per heavy atom. The molecule has 4 nitrogen and oxygen atoms in total. The van der Waals surface area contributed by atoms with Crippen molar-refractivity contribution in [2.45, 2.75) is 19.3 Å². The lowest BCUT2D eigenvalue weighted by molar-refractivity contribution is -0.128. The van der Waals surface area contributed by atoms with Gasteiger partial charge >= 0.3 is 0 Å². The van der Waals surface area contributed by atoms with Crippen LogP contribution in [0.2, 0.25) is 0 Å². The van der Waals surface area contributed by atoms with Crippen molar-refractivity contribution in [3.05, 3.63) is 35.3 Å². The van der Waals surface area contributed by atoms with E-state index in [9.17, 15) is 9.18 Å². The molecule has 0 saturated heterocycles. The van der Waals surface area contributed by atoms with E-state index in [0.29, 0.717) is 18.4 Å². The fourth-order valence-electron chi connectivity index (χ4n) is 2.32. The monoisotopic (exact) mass is 278 g/mol. The summed E-state index contributed by atoms with van der Waals surface area (Å²) in [5, 5.41) is 9.93. The van der Waals surface area contributed by atoms with Crippen LogP contribution in [-0.4, -0.2) is 41.6 Å². The van der Waals surface area contributed by atoms with Crippen LogP contribution in [0.25, 0.3) is 10.9 Å². The number of carbonyl (C=O) groups is 1. The number of hydrogen-bond acceptors (Lipinski definition) is 2. The predicted molar refractivity (Wildman–Crippen MR) is 76.1 cm³/mol. The van der Waals surface area contributed by atoms with Crippen molar-refractivity contribution in [3.63, 3.8) is 0 Å². The third-order valence-electron chi connectivity index (χ3n) is 3.46. The van der Waals surface area contributed by atoms with E-state index in [0.717, 1.165) is 16.5 Å². The molecule has 20 heavy (non-hydrogen) atoms. The number of aliphatic hydroxyl groups is 1. The molecule has 0 atom stereocenters. The third-order valence-corrected chi connectivity index (χ3v) is 3.46. The van der Waals surface area contributed by atoms with Crippen LogP contribution in [0.4, 0.5) is 4.39 Å². The number of aromatic amines is 1. The van der Waals surface area contributed by atoms with Gasteiger partial charge < -0.3 is 15.0 Å². The Kier molecular flexibility index (Phi) is 4.39. The predicted octanol–water partition coefficient (Wildman–Crippen LogP) is 1.86. The summed E-state index contributed by atoms with van der Waals surface area (Å²) < 4.78 is 14.0. The average molecular weight is 278 g/mol. The summed E-state index contributed by atoms with van der Waals surface area (Å²) in [5.41, 5.74) is 2.21. The summed E-state index contributed by atoms with van der Waals surface area (Å²) in [4.78, 5) is 16.2. The zero-order valence-electron chi connectivity index (χ0n) is 11.7. The first-order valence-corrected chi connectivity index (χ1v) is 6.63. The van der Waals surface area contributed by atoms with E-state index in [1.54, 1.807) is 26.4 Å². The Morgan fingerprint density at radius 2 is 2.10 bits per heavy atom. The number of fused-ring (bicyclic) bond motifs is 1. The topological polar surface area (TPSA) is 56.3 Å². The van der Waals surface area contributed by atoms with E-state index in [-0.39, 0.29) is 24.8 Å². The maximum atomic E-state index is 14.0. The highest BCUT2D eigenvalue weighted by Crippen LogP contribution is 2.25. The van der Waals surface area contributed by atoms with Gasteiger partial charge in [0.2, 0.25) is 5.91 Å². The number of rotatable bonds is 5. The molecule has 1 aromatic heterocycles. The summed E-state index contributed by atoms with van der Waals surface area (Å²) in [6, 6.07) is 3.13. The van der Waals surface area contributed by atoms with Gasteiger partial charge in [0.15, 0.2) is 0 Å². The highest BCUT2D eigenvalue weighted by molar-refractivity contribution is 5.87. The Morgan fingerprint density at radius 3 is 2.75 bits per heavy atom. The zero-order chi connectivity index (χ0) is 14.7. The number of aryl methyl sites for hydroxylation is 1. The molecule has 0 radical (unpaired) electrons. The lowest BCUT2D eigenvalue weighted by atomic mass is 10.0. The molecular formula is C15H19FN2O2. The van der Waals surface area contributed by atoms with Gasteiger partial charge in [-0.25, -0.2) is 4.39 Å². The number of benzene rings is 1. The quantitative estimate of drug-likeness (QED) is 0.877. The molecule has 0 aliphatic rings. The second-order valence-electron chi connectivity index (χ2n) is 5.02. The van der Waals surface area contributed by atoms with Crippen LogP contribution >= 0.6 is 0 Å². The molecule has 1 aromatic carbocycles. The maximum Gasteiger partial charge on any atom is 0.222 e. The van der Waals surface area contributed by atoms with Crippen LogP contribution in [0.5, 0.6) is 0 Å². The van der Waals surface area contributed by atoms with Crippen molar-refractivity contribution < 1.29 is 14.3 Å². The van der Waals surface area contributed by atoms with Crippen LogP contribution < -0.4 is 0 Å². The van der Waals surface area contributed by atoms with Crippen LogP contribution in [-0.2, 0) is 17.6 Å². The van der Waals surface area contributed by atoms with Crippen molar-refractivity contribution in [1.29, 1.82) is 0 Å². The lowest BCUT2D eigenvalue weighted by Crippen LogP contribution is -2.22. The number of amides is 1. The number of aliphatic hydroxyl groups excluding tert-OH is 1. The molecule has 0 unspecified atom stereocenters. The van der Waals surface area contributed by atoms with Gasteiger partial charge in [0.05, 0.1) is 5.52 Å². The number of aromatic nitrogens is 1. The summed E-state index contributed by atoms with van der Waals surface area (Å²) in [7, 11) is 3.38. The van der Waals surface area contributed by atoms with Gasteiger partial charge in [0.1, 0.15) is 5.82 Å². The number of carbonyl (C=O) groups excluding carboxylic acids is 1. The highest BCUT2D eigenvalue weighted by atomic mass is 19.1. The minimum absolute atomic E-state index is 0.0245. The Labute approximate surface area is 117 Å². The standard InChI is InChI=1S/C15H19FN2O2/c1-18(2)14(20)6-4-12-13(16)5-3-11-10(7-8-19)9-17-15(11)12/h3,5,9,17,19H,4,6-8H2,1-2H3. The summed E-state index contributed by atoms with van der Waals surface area (Å²) in [6.07, 6.45) is 2.95. The zero-order valence-corrected chi connectivity index (χ0v) is 11.7. The molecule has 1 heterocycles. The van der Waals surface area contributed by atoms with Gasteiger partial charge in [-0.1, -0.05) is 0 Å². The van der Waals surface area contributed by atoms with Crippen molar-refractivity contribution in [3.8, 4) is 0 Å². The van der Waals surface area contributed by atoms with Gasteiger partial charge in [-0.3, -0.25) is 4.79 Å². The first-order valence-electron chi connectivity index (χ1n) is 6.63. The molecule has 0 spiro atoms. The third kappa shape index (κ3) is 2.82. The molecule has 0 saturated carbocycles. The van der Waals surface area contributed by atoms with Crippen LogP contribution in [0.1, 0.15) is 17.5 Å². The van der Waals surface area contributed by atoms with Crippen LogP contribution in [0.3, 0.4) is 0 Å². The summed E-state index contributed by atoms with van der Waals surface area (Å²) >= 11 is 0. The van der Waals surface area contributed by atoms with E-state index in [1.807, 2.05) is 0 Å². The lowest BCUT2D eigenvalue weighted by Gasteiger charge is -2.11. The first-order chi connectivity index (χ1) is 9.54. The number of hydrogen-bond donors (Lipinski definition) is 2. The fraction of sp³-hybridized carbons (Fsp3) is 0.400. The van der Waals surface area contributed by atoms with E-state index in [1.165, 1.54) is 11.0 Å². The molecule has 5 heteroatoms. The molecular weight excluding hydrogens is 259 g/mol. The minimum Gasteiger partial charge on any atom is -0.396 e. The molecule has 0 aliphatic carbocycles. The van der Waals surface area contributed by atoms with E-state index in [2.05, 4.69) is 4.98 Å². The van der Waals surface area contributed by atoms with Gasteiger partial charge in [0, 0.05) is 44.3 Å². The SMILES string of the molecule is CN(C)C(=O)CCc1c(F)ccc2c(CCO)c[nH]c12. The van der Waals surface area contributed by atoms with Crippen molar-refractivity contribution >= 4 is 16.8 Å². The molecule has 0 fully saturated rings. The van der Waals surface area contributed by atoms with Crippen molar-refractivity contribution in [2.24, 2.45) is 0 Å². The largest absolute Gasteiger partial charge is 0.396 e. The number of nitrogens with zero attached hydrogens (tertiary/aromatic N) is 1. The minimum atomic E-state index is -0.304. The van der Waals surface area contributed by atoms with Crippen LogP contribution in [0.15, 0.2) is 18.3 Å². The normalized spacial score (nSPS) is 11.0. The van der Waals surface area contributed by atoms with E-state index < -0.39 is 0 Å². The fourth-order valence-corrected chi connectivity index (χ4v) is 2.32. The summed E-state index contributed by atoms with van der Waals surface area (Å²) in [5.74, 6) is -0.329. The average Bonchev–Trinajstić information content (AvgIpc) is 2.81. The molecule has 2 N–H and O–H groups in total. The Hall–Kier alpha value is -1.88. The highest BCUT2D eigenvalue weighted by Gasteiger charge is 2.14. The Bertz CT molecular complexity index is 620. The van der Waals surface area contributed by atoms with E-state index >= 15 is 0 Å². The molecule has 2 aromatic rings. The van der Waals surface area contributed by atoms with Crippen LogP contribution in [0, 0.1) is 5.82 Å². The number of halogens is 1. The van der Waals surface area contributed by atoms with Gasteiger partial charge in [0.25, 0.3) is 0 Å². The molecule has 0 aliphatic heterocycles. The number of H-pyrrole nitrogens is 1. The molecule has 108 valence electrons. The molecule has 2 rings (SSSR count). The summed E-state index contributed by atoms with van der Waals surface area (Å²) in [6.45, 7) is 0.0543. The van der Waals surface area contributed by atoms with Gasteiger partial charge in [-0.15, -0.1) is 0 Å². The Balaban J connectivity index is 2.32. The smallest absolute Gasteiger partial charge is 0.222 e. The second kappa shape index (κ2) is 6.05. The number of nitrogens with one attached hydrogen (secondary N) is 1. The van der Waals surface area contributed by atoms with Crippen molar-refractivity contribution in [1.82, 2.24) is 9.88 Å². The second-order valence-corrected chi connectivity index (χ2v) is 5.02. The molecule has 1 amide bonds. The van der Waals surface area contributed by atoms with Gasteiger partial charge in [-0.05, 0) is 30.5 Å². The van der Waals surface area contributed by atoms with E-state index in [4.69, 9.17) is 5.11 Å². The van der Waals surface area contributed by atoms with Crippen molar-refractivity contribution in [2.75, 3.05) is 20.7 Å². The molecule has 0 bridgehead atoms. The van der Waals surface area contributed by atoms with Gasteiger partial charge in [-0.2, -0.15) is 0 Å². The maximum absolute atomic E-state index is 14.0. The first kappa shape index (κ1) is 14.5.